The molecule has 0 heterocycles. The molecular formula is C9H18N2O2. The largest absolute Gasteiger partial charge is 0.392 e. The number of nitrogens with one attached hydrogen (secondary N) is 1. The van der Waals surface area contributed by atoms with Crippen molar-refractivity contribution in [3.05, 3.63) is 0 Å². The van der Waals surface area contributed by atoms with Crippen LogP contribution in [0.1, 0.15) is 26.2 Å². The van der Waals surface area contributed by atoms with Gasteiger partial charge in [-0.05, 0) is 19.8 Å². The first-order chi connectivity index (χ1) is 6.10. The molecule has 1 atom stereocenters. The van der Waals surface area contributed by atoms with E-state index in [1.807, 2.05) is 0 Å². The standard InChI is InChI=1S/C9H18N2O2/c1-7(12)5-11-8(13)9(6-10)3-2-4-9/h7,12H,2-6,10H2,1H3,(H,11,13)/t7-/m1/s1. The van der Waals surface area contributed by atoms with Crippen molar-refractivity contribution in [3.8, 4) is 0 Å². The number of aliphatic hydroxyl groups excluding tert-OH is 1. The fourth-order valence-corrected chi connectivity index (χ4v) is 1.56. The molecule has 0 bridgehead atoms. The third kappa shape index (κ3) is 2.19. The van der Waals surface area contributed by atoms with Gasteiger partial charge in [0.25, 0.3) is 0 Å². The lowest BCUT2D eigenvalue weighted by atomic mass is 9.68. The van der Waals surface area contributed by atoms with Gasteiger partial charge in [0.2, 0.25) is 5.91 Å². The van der Waals surface area contributed by atoms with Gasteiger partial charge in [0.15, 0.2) is 0 Å². The van der Waals surface area contributed by atoms with Crippen LogP contribution in [0, 0.1) is 5.41 Å². The summed E-state index contributed by atoms with van der Waals surface area (Å²) in [5.41, 5.74) is 5.23. The molecule has 13 heavy (non-hydrogen) atoms. The average Bonchev–Trinajstić information content (AvgIpc) is 2.00. The Morgan fingerprint density at radius 2 is 2.31 bits per heavy atom. The number of aliphatic hydroxyl groups is 1. The van der Waals surface area contributed by atoms with Gasteiger partial charge < -0.3 is 16.2 Å². The molecule has 4 N–H and O–H groups in total. The maximum absolute atomic E-state index is 11.6. The highest BCUT2D eigenvalue weighted by Crippen LogP contribution is 2.39. The summed E-state index contributed by atoms with van der Waals surface area (Å²) in [6.07, 6.45) is 2.36. The number of amides is 1. The molecule has 0 unspecified atom stereocenters. The van der Waals surface area contributed by atoms with E-state index in [9.17, 15) is 4.79 Å². The number of hydrogen-bond donors (Lipinski definition) is 3. The number of nitrogens with two attached hydrogens (primary N) is 1. The normalized spacial score (nSPS) is 21.8. The molecule has 0 saturated heterocycles. The molecule has 0 aromatic carbocycles. The van der Waals surface area contributed by atoms with Crippen LogP contribution in [0.4, 0.5) is 0 Å². The van der Waals surface area contributed by atoms with Gasteiger partial charge in [0, 0.05) is 13.1 Å². The SMILES string of the molecule is C[C@@H](O)CNC(=O)C1(CN)CCC1. The lowest BCUT2D eigenvalue weighted by molar-refractivity contribution is -0.135. The van der Waals surface area contributed by atoms with Gasteiger partial charge >= 0.3 is 0 Å². The average molecular weight is 186 g/mol. The van der Waals surface area contributed by atoms with Crippen LogP contribution in [0.15, 0.2) is 0 Å². The second-order valence-electron chi connectivity index (χ2n) is 3.90. The highest BCUT2D eigenvalue weighted by atomic mass is 16.3. The minimum absolute atomic E-state index is 0.00199. The molecule has 76 valence electrons. The van der Waals surface area contributed by atoms with E-state index in [4.69, 9.17) is 10.8 Å². The summed E-state index contributed by atoms with van der Waals surface area (Å²) in [4.78, 5) is 11.6. The molecule has 1 saturated carbocycles. The quantitative estimate of drug-likeness (QED) is 0.560. The summed E-state index contributed by atoms with van der Waals surface area (Å²) in [6, 6.07) is 0. The smallest absolute Gasteiger partial charge is 0.227 e. The summed E-state index contributed by atoms with van der Waals surface area (Å²) in [5.74, 6) is 0.00199. The van der Waals surface area contributed by atoms with E-state index in [1.165, 1.54) is 0 Å². The van der Waals surface area contributed by atoms with Crippen molar-refractivity contribution >= 4 is 5.91 Å². The fraction of sp³-hybridized carbons (Fsp3) is 0.889. The number of hydrogen-bond acceptors (Lipinski definition) is 3. The Morgan fingerprint density at radius 1 is 1.69 bits per heavy atom. The van der Waals surface area contributed by atoms with E-state index in [-0.39, 0.29) is 11.3 Å². The van der Waals surface area contributed by atoms with Crippen molar-refractivity contribution in [2.45, 2.75) is 32.3 Å². The van der Waals surface area contributed by atoms with Crippen molar-refractivity contribution in [2.24, 2.45) is 11.1 Å². The van der Waals surface area contributed by atoms with Gasteiger partial charge in [-0.25, -0.2) is 0 Å². The third-order valence-electron chi connectivity index (χ3n) is 2.74. The Hall–Kier alpha value is -0.610. The minimum atomic E-state index is -0.487. The van der Waals surface area contributed by atoms with Crippen LogP contribution in [0.2, 0.25) is 0 Å². The Labute approximate surface area is 78.5 Å². The molecule has 1 amide bonds. The van der Waals surface area contributed by atoms with Crippen LogP contribution in [-0.2, 0) is 4.79 Å². The summed E-state index contributed by atoms with van der Waals surface area (Å²) in [6.45, 7) is 2.38. The Balaban J connectivity index is 2.37. The van der Waals surface area contributed by atoms with Crippen LogP contribution >= 0.6 is 0 Å². The maximum atomic E-state index is 11.6. The van der Waals surface area contributed by atoms with E-state index < -0.39 is 6.10 Å². The van der Waals surface area contributed by atoms with Crippen LogP contribution in [-0.4, -0.2) is 30.2 Å². The van der Waals surface area contributed by atoms with E-state index in [2.05, 4.69) is 5.32 Å². The van der Waals surface area contributed by atoms with E-state index in [0.717, 1.165) is 19.3 Å². The predicted octanol–water partition coefficient (Wildman–Crippen LogP) is -0.388. The van der Waals surface area contributed by atoms with Crippen LogP contribution in [0.25, 0.3) is 0 Å². The van der Waals surface area contributed by atoms with Gasteiger partial charge in [-0.15, -0.1) is 0 Å². The second kappa shape index (κ2) is 4.07. The van der Waals surface area contributed by atoms with Crippen molar-refractivity contribution in [1.29, 1.82) is 0 Å². The predicted molar refractivity (Wildman–Crippen MR) is 50.0 cm³/mol. The second-order valence-corrected chi connectivity index (χ2v) is 3.90. The maximum Gasteiger partial charge on any atom is 0.227 e. The zero-order chi connectivity index (χ0) is 9.90. The highest BCUT2D eigenvalue weighted by molar-refractivity contribution is 5.83. The first kappa shape index (κ1) is 10.5. The van der Waals surface area contributed by atoms with Gasteiger partial charge in [0.05, 0.1) is 11.5 Å². The Kier molecular flexibility index (Phi) is 3.27. The topological polar surface area (TPSA) is 75.3 Å². The molecule has 1 rings (SSSR count). The van der Waals surface area contributed by atoms with E-state index in [1.54, 1.807) is 6.92 Å². The molecule has 1 fully saturated rings. The third-order valence-corrected chi connectivity index (χ3v) is 2.74. The van der Waals surface area contributed by atoms with Crippen molar-refractivity contribution in [1.82, 2.24) is 5.32 Å². The molecular weight excluding hydrogens is 168 g/mol. The number of carbonyl (C=O) groups is 1. The van der Waals surface area contributed by atoms with Crippen LogP contribution in [0.3, 0.4) is 0 Å². The minimum Gasteiger partial charge on any atom is -0.392 e. The van der Waals surface area contributed by atoms with Gasteiger partial charge in [0.1, 0.15) is 0 Å². The summed E-state index contributed by atoms with van der Waals surface area (Å²) < 4.78 is 0. The molecule has 0 radical (unpaired) electrons. The van der Waals surface area contributed by atoms with Gasteiger partial charge in [-0.3, -0.25) is 4.79 Å². The van der Waals surface area contributed by atoms with Gasteiger partial charge in [-0.2, -0.15) is 0 Å². The van der Waals surface area contributed by atoms with Gasteiger partial charge in [-0.1, -0.05) is 6.42 Å². The fourth-order valence-electron chi connectivity index (χ4n) is 1.56. The lowest BCUT2D eigenvalue weighted by Crippen LogP contribution is -2.51. The summed E-state index contributed by atoms with van der Waals surface area (Å²) in [7, 11) is 0. The molecule has 4 heteroatoms. The van der Waals surface area contributed by atoms with E-state index >= 15 is 0 Å². The summed E-state index contributed by atoms with van der Waals surface area (Å²) >= 11 is 0. The van der Waals surface area contributed by atoms with Crippen LogP contribution in [0.5, 0.6) is 0 Å². The monoisotopic (exact) mass is 186 g/mol. The Bertz CT molecular complexity index is 183. The first-order valence-electron chi connectivity index (χ1n) is 4.77. The molecule has 1 aliphatic carbocycles. The van der Waals surface area contributed by atoms with Crippen LogP contribution < -0.4 is 11.1 Å². The lowest BCUT2D eigenvalue weighted by Gasteiger charge is -2.39. The van der Waals surface area contributed by atoms with Crippen molar-refractivity contribution in [3.63, 3.8) is 0 Å². The molecule has 0 spiro atoms. The number of carbonyl (C=O) groups excluding carboxylic acids is 1. The molecule has 4 nitrogen and oxygen atoms in total. The zero-order valence-corrected chi connectivity index (χ0v) is 8.05. The van der Waals surface area contributed by atoms with Crippen molar-refractivity contribution < 1.29 is 9.90 Å². The number of rotatable bonds is 4. The zero-order valence-electron chi connectivity index (χ0n) is 8.05. The Morgan fingerprint density at radius 3 is 2.62 bits per heavy atom. The first-order valence-corrected chi connectivity index (χ1v) is 4.77. The molecule has 0 aliphatic heterocycles. The molecule has 0 aromatic heterocycles. The molecule has 0 aromatic rings. The highest BCUT2D eigenvalue weighted by Gasteiger charge is 2.42. The van der Waals surface area contributed by atoms with E-state index in [0.29, 0.717) is 13.1 Å². The summed E-state index contributed by atoms with van der Waals surface area (Å²) in [5, 5.41) is 11.7. The molecule has 1 aliphatic rings. The van der Waals surface area contributed by atoms with Crippen molar-refractivity contribution in [2.75, 3.05) is 13.1 Å².